The summed E-state index contributed by atoms with van der Waals surface area (Å²) in [7, 11) is 0. The summed E-state index contributed by atoms with van der Waals surface area (Å²) < 4.78 is 4.91. The molecule has 39 heavy (non-hydrogen) atoms. The summed E-state index contributed by atoms with van der Waals surface area (Å²) in [5.41, 5.74) is 0. The molecule has 4 aliphatic rings. The van der Waals surface area contributed by atoms with Crippen molar-refractivity contribution in [3.05, 3.63) is 12.2 Å². The molecule has 222 valence electrons. The van der Waals surface area contributed by atoms with Crippen molar-refractivity contribution in [1.82, 2.24) is 4.90 Å². The van der Waals surface area contributed by atoms with Gasteiger partial charge in [0.2, 0.25) is 0 Å². The van der Waals surface area contributed by atoms with Crippen LogP contribution in [-0.2, 0) is 19.1 Å². The number of rotatable bonds is 5. The van der Waals surface area contributed by atoms with Crippen molar-refractivity contribution in [2.24, 2.45) is 17.8 Å². The van der Waals surface area contributed by atoms with E-state index in [1.165, 1.54) is 19.6 Å². The van der Waals surface area contributed by atoms with Crippen LogP contribution >= 0.6 is 0 Å². The maximum atomic E-state index is 10.9. The van der Waals surface area contributed by atoms with E-state index < -0.39 is 36.2 Å². The summed E-state index contributed by atoms with van der Waals surface area (Å²) >= 11 is 0. The van der Waals surface area contributed by atoms with Crippen molar-refractivity contribution in [2.45, 2.75) is 103 Å². The van der Waals surface area contributed by atoms with E-state index in [0.29, 0.717) is 12.8 Å². The van der Waals surface area contributed by atoms with E-state index >= 15 is 0 Å². The number of allylic oxidation sites excluding steroid dienone is 2. The van der Waals surface area contributed by atoms with Gasteiger partial charge in [-0.25, -0.2) is 0 Å². The standard InChI is InChI=1S/C7H12O4.C7H10O3.C7H10O2.C6H15N.K.H2O/c8-5-2-1-4(7(10)11)3-6(5)9;8-5-2-1-4-3-6(5)10-7(4)9;8-7(9)6-4-2-1-3-5-6;1-4-7(5-2)6-3;;/h4-6,8-9H,1-3H2,(H,10,11);4-6,8H,1-3H2;1-2,6H,3-5H2,(H,8,9);4-6H2,1-3H3;;1H2/q;;;;+1;/p-1/t2*4-,5-,6-;;;;/m00..../s1. The Kier molecular flexibility index (Phi) is 23.2. The number of esters is 1. The predicted molar refractivity (Wildman–Crippen MR) is 140 cm³/mol. The van der Waals surface area contributed by atoms with Crippen molar-refractivity contribution < 1.29 is 102 Å². The van der Waals surface area contributed by atoms with Crippen molar-refractivity contribution in [3.63, 3.8) is 0 Å². The first-order chi connectivity index (χ1) is 17.5. The molecule has 6 N–H and O–H groups in total. The Morgan fingerprint density at radius 1 is 0.821 bits per heavy atom. The average molecular weight is 586 g/mol. The second-order valence-corrected chi connectivity index (χ2v) is 9.97. The van der Waals surface area contributed by atoms with E-state index in [0.717, 1.165) is 38.5 Å². The summed E-state index contributed by atoms with van der Waals surface area (Å²) in [5.74, 6) is -2.14. The third-order valence-corrected chi connectivity index (χ3v) is 7.45. The van der Waals surface area contributed by atoms with Gasteiger partial charge in [0.1, 0.15) is 6.10 Å². The molecule has 0 aromatic carbocycles. The van der Waals surface area contributed by atoms with Crippen LogP contribution < -0.4 is 51.4 Å². The molecular weight excluding hydrogens is 537 g/mol. The number of aliphatic carboxylic acids is 2. The molecule has 0 radical (unpaired) electrons. The number of hydrogen-bond donors (Lipinski definition) is 5. The molecule has 2 bridgehead atoms. The summed E-state index contributed by atoms with van der Waals surface area (Å²) in [6, 6.07) is 0. The van der Waals surface area contributed by atoms with Gasteiger partial charge < -0.3 is 40.6 Å². The first kappa shape index (κ1) is 40.7. The van der Waals surface area contributed by atoms with Crippen molar-refractivity contribution in [3.8, 4) is 0 Å². The Hall–Kier alpha value is -0.414. The van der Waals surface area contributed by atoms with E-state index in [2.05, 4.69) is 25.7 Å². The average Bonchev–Trinajstić information content (AvgIpc) is 3.21. The van der Waals surface area contributed by atoms with Crippen LogP contribution in [0.3, 0.4) is 0 Å². The van der Waals surface area contributed by atoms with E-state index in [4.69, 9.17) is 25.2 Å². The molecule has 1 aliphatic heterocycles. The van der Waals surface area contributed by atoms with Gasteiger partial charge >= 0.3 is 69.3 Å². The Balaban J connectivity index is 0. The van der Waals surface area contributed by atoms with Gasteiger partial charge in [-0.1, -0.05) is 32.9 Å². The van der Waals surface area contributed by atoms with Crippen molar-refractivity contribution in [2.75, 3.05) is 19.6 Å². The molecule has 7 atom stereocenters. The van der Waals surface area contributed by atoms with E-state index in [1.807, 2.05) is 12.2 Å². The summed E-state index contributed by atoms with van der Waals surface area (Å²) in [6.07, 6.45) is 7.56. The number of carboxylic acids is 2. The van der Waals surface area contributed by atoms with Gasteiger partial charge in [-0.3, -0.25) is 14.4 Å². The first-order valence-corrected chi connectivity index (χ1v) is 13.6. The number of carbonyl (C=O) groups excluding carboxylic acids is 1. The summed E-state index contributed by atoms with van der Waals surface area (Å²) in [4.78, 5) is 34.0. The SMILES string of the molecule is CCN(CC)CC.O=C(O)C1CC=CCC1.O=C(O)[C@H]1CC[C@H](O)[C@@H](O)C1.O=C1O[C@H]2C[C@@H]1CC[C@@H]2O.[K+].[OH-]. The zero-order chi connectivity index (χ0) is 28.0. The molecule has 0 aromatic heterocycles. The summed E-state index contributed by atoms with van der Waals surface area (Å²) in [6.45, 7) is 10.1. The molecule has 12 heteroatoms. The normalized spacial score (nSPS) is 30.3. The van der Waals surface area contributed by atoms with Crippen LogP contribution in [0.5, 0.6) is 0 Å². The van der Waals surface area contributed by atoms with Gasteiger partial charge in [0, 0.05) is 6.42 Å². The molecule has 11 nitrogen and oxygen atoms in total. The van der Waals surface area contributed by atoms with Gasteiger partial charge in [-0.15, -0.1) is 0 Å². The molecule has 2 saturated carbocycles. The summed E-state index contributed by atoms with van der Waals surface area (Å²) in [5, 5.41) is 44.4. The largest absolute Gasteiger partial charge is 1.00 e. The van der Waals surface area contributed by atoms with Gasteiger partial charge in [0.05, 0.1) is 36.1 Å². The van der Waals surface area contributed by atoms with Crippen molar-refractivity contribution >= 4 is 17.9 Å². The molecule has 0 aromatic rings. The molecule has 0 amide bonds. The number of fused-ring (bicyclic) bond motifs is 2. The number of hydrogen-bond acceptors (Lipinski definition) is 9. The minimum Gasteiger partial charge on any atom is -0.870 e. The van der Waals surface area contributed by atoms with Crippen LogP contribution in [-0.4, -0.2) is 97.9 Å². The maximum absolute atomic E-state index is 10.9. The van der Waals surface area contributed by atoms with Crippen LogP contribution in [0.15, 0.2) is 12.2 Å². The number of ether oxygens (including phenoxy) is 1. The van der Waals surface area contributed by atoms with E-state index in [1.54, 1.807) is 0 Å². The van der Waals surface area contributed by atoms with Crippen LogP contribution in [0.25, 0.3) is 0 Å². The molecular formula is C27H48KNO10. The van der Waals surface area contributed by atoms with Gasteiger partial charge in [0.15, 0.2) is 0 Å². The maximum Gasteiger partial charge on any atom is 1.00 e. The van der Waals surface area contributed by atoms with Gasteiger partial charge in [-0.2, -0.15) is 0 Å². The molecule has 1 saturated heterocycles. The molecule has 4 rings (SSSR count). The molecule has 0 spiro atoms. The second kappa shape index (κ2) is 22.2. The van der Waals surface area contributed by atoms with Crippen LogP contribution in [0.2, 0.25) is 0 Å². The third-order valence-electron chi connectivity index (χ3n) is 7.45. The Morgan fingerprint density at radius 3 is 1.77 bits per heavy atom. The minimum absolute atomic E-state index is 0. The molecule has 3 fully saturated rings. The fraction of sp³-hybridized carbons (Fsp3) is 0.815. The molecule has 3 aliphatic carbocycles. The Labute approximate surface area is 274 Å². The Bertz CT molecular complexity index is 728. The quantitative estimate of drug-likeness (QED) is 0.155. The van der Waals surface area contributed by atoms with Crippen LogP contribution in [0.4, 0.5) is 0 Å². The zero-order valence-electron chi connectivity index (χ0n) is 23.9. The third kappa shape index (κ3) is 15.4. The minimum atomic E-state index is -0.879. The smallest absolute Gasteiger partial charge is 0.870 e. The van der Waals surface area contributed by atoms with Crippen molar-refractivity contribution in [1.29, 1.82) is 0 Å². The van der Waals surface area contributed by atoms with E-state index in [-0.39, 0.29) is 87.2 Å². The monoisotopic (exact) mass is 585 g/mol. The fourth-order valence-electron chi connectivity index (χ4n) is 4.74. The van der Waals surface area contributed by atoms with Crippen LogP contribution in [0, 0.1) is 17.8 Å². The first-order valence-electron chi connectivity index (χ1n) is 13.6. The molecule has 1 heterocycles. The number of carbonyl (C=O) groups is 3. The van der Waals surface area contributed by atoms with E-state index in [9.17, 15) is 19.5 Å². The second-order valence-electron chi connectivity index (χ2n) is 9.97. The Morgan fingerprint density at radius 2 is 1.38 bits per heavy atom. The molecule has 1 unspecified atom stereocenters. The number of aliphatic hydroxyl groups is 3. The number of aliphatic hydroxyl groups excluding tert-OH is 3. The van der Waals surface area contributed by atoms with Gasteiger partial charge in [-0.05, 0) is 71.0 Å². The number of nitrogens with zero attached hydrogens (tertiary/aromatic N) is 1. The topological polar surface area (TPSA) is 195 Å². The van der Waals surface area contributed by atoms with Crippen LogP contribution in [0.1, 0.15) is 78.6 Å². The zero-order valence-corrected chi connectivity index (χ0v) is 27.1. The number of carboxylic acid groups (broad SMARTS) is 2. The van der Waals surface area contributed by atoms with Gasteiger partial charge in [0.25, 0.3) is 0 Å². The predicted octanol–water partition coefficient (Wildman–Crippen LogP) is -0.732. The fourth-order valence-corrected chi connectivity index (χ4v) is 4.74.